The van der Waals surface area contributed by atoms with Crippen LogP contribution in [0.5, 0.6) is 5.75 Å². The van der Waals surface area contributed by atoms with Gasteiger partial charge in [-0.05, 0) is 53.5 Å². The number of phenols is 1. The van der Waals surface area contributed by atoms with Gasteiger partial charge in [0.2, 0.25) is 0 Å². The predicted molar refractivity (Wildman–Crippen MR) is 83.9 cm³/mol. The first-order valence-electron chi connectivity index (χ1n) is 7.62. The van der Waals surface area contributed by atoms with Gasteiger partial charge in [0.05, 0.1) is 0 Å². The Bertz CT molecular complexity index is 498. The molecule has 0 aliphatic carbocycles. The molecule has 0 amide bonds. The Hall–Kier alpha value is -1.13. The van der Waals surface area contributed by atoms with Gasteiger partial charge in [0, 0.05) is 34.8 Å². The molecule has 3 nitrogen and oxygen atoms in total. The highest BCUT2D eigenvalue weighted by molar-refractivity contribution is 5.35. The SMILES string of the molecule is CC(NC1CC(C)(C)NC(C)(C)C1)c1ccc(F)cc1O. The largest absolute Gasteiger partial charge is 0.508 e. The van der Waals surface area contributed by atoms with E-state index < -0.39 is 5.82 Å². The molecule has 1 aromatic carbocycles. The zero-order valence-electron chi connectivity index (χ0n) is 13.6. The second kappa shape index (κ2) is 5.58. The molecule has 0 aromatic heterocycles. The maximum atomic E-state index is 13.1. The summed E-state index contributed by atoms with van der Waals surface area (Å²) in [5.74, 6) is -0.393. The number of phenolic OH excluding ortho intramolecular Hbond substituents is 1. The molecule has 0 bridgehead atoms. The number of piperidine rings is 1. The molecule has 1 fully saturated rings. The molecule has 1 atom stereocenters. The van der Waals surface area contributed by atoms with Crippen molar-refractivity contribution in [2.24, 2.45) is 0 Å². The van der Waals surface area contributed by atoms with Gasteiger partial charge in [-0.15, -0.1) is 0 Å². The molecule has 4 heteroatoms. The minimum Gasteiger partial charge on any atom is -0.508 e. The average molecular weight is 294 g/mol. The van der Waals surface area contributed by atoms with Crippen molar-refractivity contribution in [2.75, 3.05) is 0 Å². The molecule has 1 unspecified atom stereocenters. The van der Waals surface area contributed by atoms with Gasteiger partial charge in [-0.1, -0.05) is 6.07 Å². The van der Waals surface area contributed by atoms with Gasteiger partial charge in [-0.2, -0.15) is 0 Å². The van der Waals surface area contributed by atoms with E-state index >= 15 is 0 Å². The number of benzene rings is 1. The third kappa shape index (κ3) is 4.17. The summed E-state index contributed by atoms with van der Waals surface area (Å²) in [5, 5.41) is 17.1. The molecule has 2 rings (SSSR count). The highest BCUT2D eigenvalue weighted by Crippen LogP contribution is 2.31. The first kappa shape index (κ1) is 16.2. The first-order chi connectivity index (χ1) is 9.58. The van der Waals surface area contributed by atoms with E-state index in [1.54, 1.807) is 6.07 Å². The van der Waals surface area contributed by atoms with Crippen LogP contribution in [-0.4, -0.2) is 22.2 Å². The van der Waals surface area contributed by atoms with Crippen LogP contribution in [0.3, 0.4) is 0 Å². The average Bonchev–Trinajstić information content (AvgIpc) is 2.23. The Kier molecular flexibility index (Phi) is 4.31. The van der Waals surface area contributed by atoms with Crippen LogP contribution in [0.15, 0.2) is 18.2 Å². The number of rotatable bonds is 3. The van der Waals surface area contributed by atoms with Gasteiger partial charge < -0.3 is 15.7 Å². The maximum absolute atomic E-state index is 13.1. The second-order valence-electron chi connectivity index (χ2n) is 7.59. The Balaban J connectivity index is 2.10. The van der Waals surface area contributed by atoms with Crippen LogP contribution < -0.4 is 10.6 Å². The third-order valence-corrected chi connectivity index (χ3v) is 4.13. The van der Waals surface area contributed by atoms with Crippen LogP contribution in [0.2, 0.25) is 0 Å². The topological polar surface area (TPSA) is 44.3 Å². The molecule has 21 heavy (non-hydrogen) atoms. The lowest BCUT2D eigenvalue weighted by Gasteiger charge is -2.47. The monoisotopic (exact) mass is 294 g/mol. The molecule has 1 heterocycles. The van der Waals surface area contributed by atoms with Crippen molar-refractivity contribution < 1.29 is 9.50 Å². The minimum absolute atomic E-state index is 0.0136. The Morgan fingerprint density at radius 3 is 2.33 bits per heavy atom. The zero-order chi connectivity index (χ0) is 15.8. The van der Waals surface area contributed by atoms with Crippen molar-refractivity contribution in [3.8, 4) is 5.75 Å². The Morgan fingerprint density at radius 2 is 1.81 bits per heavy atom. The van der Waals surface area contributed by atoms with E-state index in [1.807, 2.05) is 6.92 Å². The summed E-state index contributed by atoms with van der Waals surface area (Å²) in [5.41, 5.74) is 0.888. The smallest absolute Gasteiger partial charge is 0.126 e. The Morgan fingerprint density at radius 1 is 1.24 bits per heavy atom. The van der Waals surface area contributed by atoms with Gasteiger partial charge in [-0.3, -0.25) is 0 Å². The lowest BCUT2D eigenvalue weighted by Crippen LogP contribution is -2.61. The van der Waals surface area contributed by atoms with E-state index in [0.717, 1.165) is 18.4 Å². The van der Waals surface area contributed by atoms with Crippen LogP contribution in [0.1, 0.15) is 59.1 Å². The molecule has 1 aliphatic heterocycles. The van der Waals surface area contributed by atoms with E-state index in [2.05, 4.69) is 38.3 Å². The van der Waals surface area contributed by atoms with E-state index in [4.69, 9.17) is 0 Å². The van der Waals surface area contributed by atoms with Crippen LogP contribution in [0.4, 0.5) is 4.39 Å². The summed E-state index contributed by atoms with van der Waals surface area (Å²) in [4.78, 5) is 0. The highest BCUT2D eigenvalue weighted by Gasteiger charge is 2.38. The minimum atomic E-state index is -0.410. The second-order valence-corrected chi connectivity index (χ2v) is 7.59. The Labute approximate surface area is 126 Å². The fourth-order valence-electron chi connectivity index (χ4n) is 3.77. The van der Waals surface area contributed by atoms with E-state index in [-0.39, 0.29) is 22.9 Å². The van der Waals surface area contributed by atoms with Crippen molar-refractivity contribution in [1.82, 2.24) is 10.6 Å². The van der Waals surface area contributed by atoms with Crippen LogP contribution in [-0.2, 0) is 0 Å². The van der Waals surface area contributed by atoms with Crippen molar-refractivity contribution in [2.45, 2.75) is 70.6 Å². The van der Waals surface area contributed by atoms with Crippen molar-refractivity contribution in [3.63, 3.8) is 0 Å². The fraction of sp³-hybridized carbons (Fsp3) is 0.647. The number of hydrogen-bond acceptors (Lipinski definition) is 3. The predicted octanol–water partition coefficient (Wildman–Crippen LogP) is 3.49. The molecule has 1 saturated heterocycles. The summed E-state index contributed by atoms with van der Waals surface area (Å²) in [7, 11) is 0. The molecule has 118 valence electrons. The summed E-state index contributed by atoms with van der Waals surface area (Å²) in [6.45, 7) is 10.9. The van der Waals surface area contributed by atoms with Gasteiger partial charge >= 0.3 is 0 Å². The van der Waals surface area contributed by atoms with E-state index in [1.165, 1.54) is 12.1 Å². The molecular weight excluding hydrogens is 267 g/mol. The standard InChI is InChI=1S/C17H27FN2O/c1-11(14-7-6-12(18)8-15(14)21)19-13-9-16(2,3)20-17(4,5)10-13/h6-8,11,13,19-21H,9-10H2,1-5H3. The summed E-state index contributed by atoms with van der Waals surface area (Å²) in [6, 6.07) is 4.56. The summed E-state index contributed by atoms with van der Waals surface area (Å²) >= 11 is 0. The fourth-order valence-corrected chi connectivity index (χ4v) is 3.77. The molecule has 0 spiro atoms. The highest BCUT2D eigenvalue weighted by atomic mass is 19.1. The quantitative estimate of drug-likeness (QED) is 0.799. The van der Waals surface area contributed by atoms with Crippen LogP contribution >= 0.6 is 0 Å². The number of halogens is 1. The summed E-state index contributed by atoms with van der Waals surface area (Å²) in [6.07, 6.45) is 2.03. The maximum Gasteiger partial charge on any atom is 0.126 e. The normalized spacial score (nSPS) is 23.0. The van der Waals surface area contributed by atoms with Gasteiger partial charge in [0.1, 0.15) is 11.6 Å². The van der Waals surface area contributed by atoms with E-state index in [0.29, 0.717) is 6.04 Å². The van der Waals surface area contributed by atoms with Gasteiger partial charge in [0.25, 0.3) is 0 Å². The number of hydrogen-bond donors (Lipinski definition) is 3. The van der Waals surface area contributed by atoms with Crippen LogP contribution in [0, 0.1) is 5.82 Å². The third-order valence-electron chi connectivity index (χ3n) is 4.13. The van der Waals surface area contributed by atoms with Crippen molar-refractivity contribution in [3.05, 3.63) is 29.6 Å². The molecular formula is C17H27FN2O. The molecule has 0 saturated carbocycles. The molecule has 3 N–H and O–H groups in total. The van der Waals surface area contributed by atoms with Gasteiger partial charge in [0.15, 0.2) is 0 Å². The molecule has 0 radical (unpaired) electrons. The van der Waals surface area contributed by atoms with Crippen LogP contribution in [0.25, 0.3) is 0 Å². The molecule has 1 aliphatic rings. The van der Waals surface area contributed by atoms with Crippen molar-refractivity contribution >= 4 is 0 Å². The first-order valence-corrected chi connectivity index (χ1v) is 7.62. The van der Waals surface area contributed by atoms with E-state index in [9.17, 15) is 9.50 Å². The zero-order valence-corrected chi connectivity index (χ0v) is 13.6. The lowest BCUT2D eigenvalue weighted by atomic mass is 9.79. The lowest BCUT2D eigenvalue weighted by molar-refractivity contribution is 0.140. The summed E-state index contributed by atoms with van der Waals surface area (Å²) < 4.78 is 13.1. The molecule has 1 aromatic rings. The van der Waals surface area contributed by atoms with Crippen molar-refractivity contribution in [1.29, 1.82) is 0 Å². The number of aromatic hydroxyl groups is 1. The number of nitrogens with one attached hydrogen (secondary N) is 2. The van der Waals surface area contributed by atoms with Gasteiger partial charge in [-0.25, -0.2) is 4.39 Å².